The van der Waals surface area contributed by atoms with Crippen LogP contribution in [0.4, 0.5) is 15.4 Å². The number of hydrogen-bond donors (Lipinski definition) is 2. The molecular weight excluding hydrogens is 328 g/mol. The molecule has 1 rings (SSSR count). The van der Waals surface area contributed by atoms with E-state index in [0.717, 1.165) is 0 Å². The Labute approximate surface area is 147 Å². The monoisotopic (exact) mass is 354 g/mol. The van der Waals surface area contributed by atoms with Gasteiger partial charge in [-0.1, -0.05) is 6.07 Å². The molecule has 0 fully saturated rings. The van der Waals surface area contributed by atoms with Crippen LogP contribution in [0.3, 0.4) is 0 Å². The van der Waals surface area contributed by atoms with Gasteiger partial charge in [-0.05, 0) is 53.7 Å². The number of aromatic nitrogens is 1. The van der Waals surface area contributed by atoms with Crippen LogP contribution >= 0.6 is 0 Å². The van der Waals surface area contributed by atoms with Gasteiger partial charge in [0.05, 0.1) is 12.3 Å². The highest BCUT2D eigenvalue weighted by molar-refractivity contribution is 6.08. The average Bonchev–Trinajstić information content (AvgIpc) is 2.43. The number of aliphatic hydroxyl groups is 2. The Hall–Kier alpha value is -2.19. The van der Waals surface area contributed by atoms with Gasteiger partial charge < -0.3 is 19.7 Å². The first-order valence-electron chi connectivity index (χ1n) is 7.86. The number of aliphatic hydroxyl groups excluding tert-OH is 2. The van der Waals surface area contributed by atoms with Crippen molar-refractivity contribution in [1.82, 2.24) is 4.98 Å². The van der Waals surface area contributed by atoms with E-state index in [2.05, 4.69) is 4.98 Å². The first kappa shape index (κ1) is 20.9. The van der Waals surface area contributed by atoms with E-state index >= 15 is 0 Å². The highest BCUT2D eigenvalue weighted by Crippen LogP contribution is 2.22. The van der Waals surface area contributed by atoms with E-state index in [1.54, 1.807) is 41.5 Å². The van der Waals surface area contributed by atoms with Crippen LogP contribution in [-0.4, -0.2) is 45.2 Å². The summed E-state index contributed by atoms with van der Waals surface area (Å²) in [4.78, 5) is 29.7. The lowest BCUT2D eigenvalue weighted by Crippen LogP contribution is -2.44. The highest BCUT2D eigenvalue weighted by Gasteiger charge is 2.33. The van der Waals surface area contributed by atoms with Crippen molar-refractivity contribution in [3.05, 3.63) is 23.9 Å². The fourth-order valence-corrected chi connectivity index (χ4v) is 1.72. The van der Waals surface area contributed by atoms with E-state index < -0.39 is 36.1 Å². The van der Waals surface area contributed by atoms with Crippen molar-refractivity contribution in [2.24, 2.45) is 0 Å². The molecule has 2 N–H and O–H groups in total. The molecule has 1 aromatic rings. The number of hydrogen-bond acceptors (Lipinski definition) is 7. The summed E-state index contributed by atoms with van der Waals surface area (Å²) in [6, 6.07) is 4.37. The van der Waals surface area contributed by atoms with Crippen molar-refractivity contribution >= 4 is 18.0 Å². The molecule has 0 spiro atoms. The minimum absolute atomic E-state index is 0.0755. The minimum Gasteiger partial charge on any atom is -0.443 e. The number of carbonyl (C=O) groups is 2. The molecule has 0 aliphatic carbocycles. The van der Waals surface area contributed by atoms with Gasteiger partial charge in [0.15, 0.2) is 0 Å². The van der Waals surface area contributed by atoms with Gasteiger partial charge in [0.1, 0.15) is 23.1 Å². The van der Waals surface area contributed by atoms with Crippen LogP contribution in [0.2, 0.25) is 0 Å². The van der Waals surface area contributed by atoms with Crippen molar-refractivity contribution < 1.29 is 29.3 Å². The molecule has 0 aliphatic rings. The van der Waals surface area contributed by atoms with E-state index in [-0.39, 0.29) is 11.5 Å². The third-order valence-electron chi connectivity index (χ3n) is 2.65. The predicted molar refractivity (Wildman–Crippen MR) is 91.2 cm³/mol. The molecule has 1 heterocycles. The fourth-order valence-electron chi connectivity index (χ4n) is 1.72. The molecule has 1 aromatic heterocycles. The Kier molecular flexibility index (Phi) is 6.50. The zero-order valence-electron chi connectivity index (χ0n) is 15.4. The Balaban J connectivity index is 3.26. The molecular formula is C17H26N2O6. The van der Waals surface area contributed by atoms with E-state index in [1.165, 1.54) is 18.2 Å². The maximum atomic E-state index is 12.5. The predicted octanol–water partition coefficient (Wildman–Crippen LogP) is 2.78. The summed E-state index contributed by atoms with van der Waals surface area (Å²) in [5, 5.41) is 18.8. The van der Waals surface area contributed by atoms with Crippen molar-refractivity contribution in [3.63, 3.8) is 0 Å². The molecule has 0 aromatic carbocycles. The van der Waals surface area contributed by atoms with Gasteiger partial charge in [0, 0.05) is 0 Å². The van der Waals surface area contributed by atoms with Crippen molar-refractivity contribution in [1.29, 1.82) is 0 Å². The van der Waals surface area contributed by atoms with Gasteiger partial charge >= 0.3 is 12.2 Å². The van der Waals surface area contributed by atoms with Gasteiger partial charge in [0.25, 0.3) is 0 Å². The van der Waals surface area contributed by atoms with E-state index in [0.29, 0.717) is 4.90 Å². The molecule has 0 unspecified atom stereocenters. The zero-order valence-corrected chi connectivity index (χ0v) is 15.4. The largest absolute Gasteiger partial charge is 0.443 e. The summed E-state index contributed by atoms with van der Waals surface area (Å²) >= 11 is 0. The number of anilines is 1. The molecule has 25 heavy (non-hydrogen) atoms. The van der Waals surface area contributed by atoms with Gasteiger partial charge in [-0.25, -0.2) is 14.6 Å². The Bertz CT molecular complexity index is 590. The second-order valence-corrected chi connectivity index (χ2v) is 7.42. The molecule has 140 valence electrons. The molecule has 0 aliphatic heterocycles. The number of nitrogens with zero attached hydrogens (tertiary/aromatic N) is 2. The van der Waals surface area contributed by atoms with Gasteiger partial charge in [0.2, 0.25) is 0 Å². The van der Waals surface area contributed by atoms with Gasteiger partial charge in [-0.3, -0.25) is 0 Å². The van der Waals surface area contributed by atoms with Crippen LogP contribution in [0.5, 0.6) is 0 Å². The lowest BCUT2D eigenvalue weighted by Gasteiger charge is -2.28. The van der Waals surface area contributed by atoms with Crippen molar-refractivity contribution in [2.75, 3.05) is 11.5 Å². The average molecular weight is 354 g/mol. The zero-order chi connectivity index (χ0) is 19.4. The third kappa shape index (κ3) is 6.67. The minimum atomic E-state index is -1.24. The smallest absolute Gasteiger partial charge is 0.425 e. The number of carbonyl (C=O) groups excluding carboxylic acids is 2. The number of amides is 2. The van der Waals surface area contributed by atoms with Crippen LogP contribution in [0.1, 0.15) is 53.3 Å². The Morgan fingerprint density at radius 3 is 1.96 bits per heavy atom. The van der Waals surface area contributed by atoms with Crippen molar-refractivity contribution in [2.45, 2.75) is 58.8 Å². The lowest BCUT2D eigenvalue weighted by atomic mass is 10.2. The second-order valence-electron chi connectivity index (χ2n) is 7.42. The first-order valence-corrected chi connectivity index (χ1v) is 7.86. The van der Waals surface area contributed by atoms with E-state index in [9.17, 15) is 14.7 Å². The molecule has 0 saturated heterocycles. The first-order chi connectivity index (χ1) is 11.3. The summed E-state index contributed by atoms with van der Waals surface area (Å²) < 4.78 is 10.5. The topological polar surface area (TPSA) is 109 Å². The summed E-state index contributed by atoms with van der Waals surface area (Å²) in [5.41, 5.74) is -1.56. The van der Waals surface area contributed by atoms with E-state index in [4.69, 9.17) is 14.6 Å². The highest BCUT2D eigenvalue weighted by atomic mass is 16.6. The maximum absolute atomic E-state index is 12.5. The molecule has 0 saturated carbocycles. The molecule has 2 amide bonds. The SMILES string of the molecule is CC(C)(C)OC(=O)N(C(=O)OC(C)(C)C)c1cccc([C@@H](O)CO)n1. The van der Waals surface area contributed by atoms with Crippen LogP contribution in [0.15, 0.2) is 18.2 Å². The number of rotatable bonds is 3. The molecule has 0 radical (unpaired) electrons. The van der Waals surface area contributed by atoms with Gasteiger partial charge in [-0.2, -0.15) is 4.90 Å². The van der Waals surface area contributed by atoms with Crippen molar-refractivity contribution in [3.8, 4) is 0 Å². The number of ether oxygens (including phenoxy) is 2. The quantitative estimate of drug-likeness (QED) is 0.859. The Morgan fingerprint density at radius 1 is 1.08 bits per heavy atom. The summed E-state index contributed by atoms with van der Waals surface area (Å²) in [6.07, 6.45) is -3.14. The molecule has 8 nitrogen and oxygen atoms in total. The molecule has 0 bridgehead atoms. The molecule has 8 heteroatoms. The van der Waals surface area contributed by atoms with E-state index in [1.807, 2.05) is 0 Å². The number of pyridine rings is 1. The van der Waals surface area contributed by atoms with Gasteiger partial charge in [-0.15, -0.1) is 0 Å². The lowest BCUT2D eigenvalue weighted by molar-refractivity contribution is 0.0428. The summed E-state index contributed by atoms with van der Waals surface area (Å²) in [7, 11) is 0. The van der Waals surface area contributed by atoms with Crippen LogP contribution in [0, 0.1) is 0 Å². The maximum Gasteiger partial charge on any atom is 0.425 e. The normalized spacial score (nSPS) is 13.1. The fraction of sp³-hybridized carbons (Fsp3) is 0.588. The molecule has 1 atom stereocenters. The van der Waals surface area contributed by atoms with Crippen LogP contribution in [0.25, 0.3) is 0 Å². The summed E-state index contributed by atoms with van der Waals surface area (Å²) in [5.74, 6) is -0.0755. The summed E-state index contributed by atoms with van der Waals surface area (Å²) in [6.45, 7) is 9.44. The standard InChI is InChI=1S/C17H26N2O6/c1-16(2,3)24-14(22)19(15(23)25-17(4,5)6)13-9-7-8-11(18-13)12(21)10-20/h7-9,12,20-21H,10H2,1-6H3/t12-/m0/s1. The Morgan fingerprint density at radius 2 is 1.56 bits per heavy atom. The third-order valence-corrected chi connectivity index (χ3v) is 2.65. The van der Waals surface area contributed by atoms with Crippen LogP contribution < -0.4 is 4.90 Å². The number of imide groups is 1. The van der Waals surface area contributed by atoms with Crippen LogP contribution in [-0.2, 0) is 9.47 Å². The second kappa shape index (κ2) is 7.79.